The van der Waals surface area contributed by atoms with Gasteiger partial charge in [-0.15, -0.1) is 0 Å². The number of piperidine rings is 2. The number of fused-ring (bicyclic) bond motifs is 2. The van der Waals surface area contributed by atoms with Gasteiger partial charge in [0, 0.05) is 133 Å². The third kappa shape index (κ3) is 12.5. The lowest BCUT2D eigenvalue weighted by Gasteiger charge is -2.33. The molecule has 2 aliphatic carbocycles. The van der Waals surface area contributed by atoms with Gasteiger partial charge in [0.05, 0.1) is 63.8 Å². The zero-order chi connectivity index (χ0) is 58.9. The highest BCUT2D eigenvalue weighted by Gasteiger charge is 2.32. The van der Waals surface area contributed by atoms with Crippen LogP contribution in [0.25, 0.3) is 33.4 Å². The van der Waals surface area contributed by atoms with Crippen LogP contribution in [0.3, 0.4) is 0 Å². The SMILES string of the molecule is COc1cc(OC)c(F)c(CC2=CCc3ncc(-c4cn(C5CCN(C(=O)OC(C)(C)C)CC5)nc4C)cc32)c1F.COc1cc(OC)c(F)c(CC2=CCc3ncc(-c4cnn(C5CCN(C(=O)OC(C)(C)C)CC5)c4C)cc32)c1F. The largest absolute Gasteiger partial charge is 0.494 e. The van der Waals surface area contributed by atoms with Crippen LogP contribution < -0.4 is 18.9 Å². The van der Waals surface area contributed by atoms with E-state index in [9.17, 15) is 9.59 Å². The molecule has 2 aromatic carbocycles. The molecule has 4 aromatic heterocycles. The highest BCUT2D eigenvalue weighted by atomic mass is 19.1. The number of pyridine rings is 2. The standard InChI is InChI=1S/2C31H36F2N4O4/c1-18-24(17-37(35-18)21-9-11-36(12-10-21)30(38)41-31(2,3)4)20-14-22-19(7-8-25(22)34-16-20)13-23-28(32)26(39-5)15-27(40-6)29(23)33;1-18-24(17-35-37(18)21-9-11-36(12-10-21)30(38)41-31(2,3)4)20-14-22-19(7-8-25(22)34-16-20)13-23-28(32)26(39-5)15-27(40-6)29(23)33/h2*7,14-17,21H,8-13H2,1-6H3. The number of aryl methyl sites for hydroxylation is 1. The van der Waals surface area contributed by atoms with Crippen LogP contribution in [0.4, 0.5) is 27.2 Å². The van der Waals surface area contributed by atoms with Crippen LogP contribution in [-0.2, 0) is 35.2 Å². The Hall–Kier alpha value is -7.90. The van der Waals surface area contributed by atoms with Crippen LogP contribution in [0, 0.1) is 37.1 Å². The molecule has 4 aliphatic rings. The summed E-state index contributed by atoms with van der Waals surface area (Å²) in [5, 5.41) is 9.49. The van der Waals surface area contributed by atoms with Crippen LogP contribution in [0.2, 0.25) is 0 Å². The summed E-state index contributed by atoms with van der Waals surface area (Å²) in [5.41, 5.74) is 9.30. The molecule has 436 valence electrons. The Morgan fingerprint density at radius 1 is 0.561 bits per heavy atom. The Morgan fingerprint density at radius 3 is 1.37 bits per heavy atom. The van der Waals surface area contributed by atoms with E-state index >= 15 is 17.6 Å². The molecule has 0 atom stereocenters. The Labute approximate surface area is 476 Å². The number of nitrogens with zero attached hydrogens (tertiary/aromatic N) is 8. The third-order valence-electron chi connectivity index (χ3n) is 15.3. The lowest BCUT2D eigenvalue weighted by atomic mass is 9.97. The molecule has 2 aliphatic heterocycles. The van der Waals surface area contributed by atoms with Gasteiger partial charge in [-0.05, 0) is 104 Å². The van der Waals surface area contributed by atoms with Crippen LogP contribution in [0.15, 0.2) is 61.2 Å². The third-order valence-corrected chi connectivity index (χ3v) is 15.3. The topological polar surface area (TPSA) is 157 Å². The molecule has 6 aromatic rings. The summed E-state index contributed by atoms with van der Waals surface area (Å²) in [5.74, 6) is -3.21. The summed E-state index contributed by atoms with van der Waals surface area (Å²) in [6, 6.07) is 6.79. The number of allylic oxidation sites excluding steroid dienone is 4. The Morgan fingerprint density at radius 2 is 0.963 bits per heavy atom. The summed E-state index contributed by atoms with van der Waals surface area (Å²) in [6.45, 7) is 17.6. The van der Waals surface area contributed by atoms with E-state index in [1.165, 1.54) is 40.6 Å². The molecule has 16 nitrogen and oxygen atoms in total. The number of hydrogen-bond acceptors (Lipinski definition) is 12. The molecule has 2 fully saturated rings. The van der Waals surface area contributed by atoms with Gasteiger partial charge < -0.3 is 38.2 Å². The maximum atomic E-state index is 15.1. The highest BCUT2D eigenvalue weighted by Crippen LogP contribution is 2.41. The van der Waals surface area contributed by atoms with E-state index in [0.717, 1.165) is 93.0 Å². The second kappa shape index (κ2) is 23.9. The van der Waals surface area contributed by atoms with Crippen LogP contribution in [-0.4, -0.2) is 117 Å². The summed E-state index contributed by atoms with van der Waals surface area (Å²) < 4.78 is 95.9. The molecule has 2 saturated heterocycles. The lowest BCUT2D eigenvalue weighted by molar-refractivity contribution is 0.0174. The quantitative estimate of drug-likeness (QED) is 0.107. The van der Waals surface area contributed by atoms with Crippen molar-refractivity contribution in [1.29, 1.82) is 0 Å². The van der Waals surface area contributed by atoms with E-state index in [1.54, 1.807) is 9.80 Å². The van der Waals surface area contributed by atoms with E-state index in [-0.39, 0.29) is 71.2 Å². The van der Waals surface area contributed by atoms with Crippen molar-refractivity contribution in [3.8, 4) is 45.3 Å². The number of likely N-dealkylation sites (tertiary alicyclic amines) is 2. The van der Waals surface area contributed by atoms with Gasteiger partial charge in [-0.1, -0.05) is 12.2 Å². The van der Waals surface area contributed by atoms with Crippen molar-refractivity contribution in [3.63, 3.8) is 0 Å². The Balaban J connectivity index is 0.000000198. The van der Waals surface area contributed by atoms with E-state index in [2.05, 4.69) is 9.97 Å². The van der Waals surface area contributed by atoms with Crippen molar-refractivity contribution in [1.82, 2.24) is 39.3 Å². The Kier molecular flexibility index (Phi) is 17.1. The summed E-state index contributed by atoms with van der Waals surface area (Å²) in [7, 11) is 5.36. The number of carbonyl (C=O) groups is 2. The summed E-state index contributed by atoms with van der Waals surface area (Å²) in [6.07, 6.45) is 15.2. The van der Waals surface area contributed by atoms with Crippen molar-refractivity contribution in [2.45, 2.75) is 130 Å². The fourth-order valence-electron chi connectivity index (χ4n) is 11.0. The van der Waals surface area contributed by atoms with Crippen molar-refractivity contribution in [2.75, 3.05) is 54.6 Å². The fraction of sp³-hybridized carbons (Fsp3) is 0.452. The average molecular weight is 1130 g/mol. The van der Waals surface area contributed by atoms with Gasteiger partial charge in [-0.25, -0.2) is 27.2 Å². The normalized spacial score (nSPS) is 15.5. The fourth-order valence-corrected chi connectivity index (χ4v) is 11.0. The predicted octanol–water partition coefficient (Wildman–Crippen LogP) is 12.6. The molecule has 0 bridgehead atoms. The molecule has 0 radical (unpaired) electrons. The second-order valence-electron chi connectivity index (χ2n) is 23.0. The maximum Gasteiger partial charge on any atom is 0.410 e. The van der Waals surface area contributed by atoms with Crippen molar-refractivity contribution in [2.24, 2.45) is 0 Å². The zero-order valence-electron chi connectivity index (χ0n) is 48.8. The van der Waals surface area contributed by atoms with Gasteiger partial charge in [0.2, 0.25) is 0 Å². The predicted molar refractivity (Wildman–Crippen MR) is 302 cm³/mol. The molecule has 0 unspecified atom stereocenters. The van der Waals surface area contributed by atoms with Crippen molar-refractivity contribution < 1.29 is 55.6 Å². The number of carbonyl (C=O) groups excluding carboxylic acids is 2. The molecule has 82 heavy (non-hydrogen) atoms. The number of hydrogen-bond donors (Lipinski definition) is 0. The maximum absolute atomic E-state index is 15.1. The minimum absolute atomic E-state index is 0.0395. The number of methoxy groups -OCH3 is 4. The first-order valence-electron chi connectivity index (χ1n) is 27.6. The van der Waals surface area contributed by atoms with Crippen molar-refractivity contribution >= 4 is 23.3 Å². The highest BCUT2D eigenvalue weighted by molar-refractivity contribution is 5.80. The van der Waals surface area contributed by atoms with Crippen molar-refractivity contribution in [3.05, 3.63) is 130 Å². The molecule has 0 N–H and O–H groups in total. The minimum atomic E-state index is -0.737. The number of ether oxygens (including phenoxy) is 6. The average Bonchev–Trinajstić information content (AvgIpc) is 4.43. The number of aromatic nitrogens is 6. The van der Waals surface area contributed by atoms with Gasteiger partial charge in [-0.2, -0.15) is 10.2 Å². The first kappa shape index (κ1) is 58.7. The number of halogens is 4. The smallest absolute Gasteiger partial charge is 0.410 e. The second-order valence-corrected chi connectivity index (χ2v) is 23.0. The molecule has 0 spiro atoms. The first-order chi connectivity index (χ1) is 39.0. The summed E-state index contributed by atoms with van der Waals surface area (Å²) in [4.78, 5) is 37.8. The van der Waals surface area contributed by atoms with Gasteiger partial charge in [0.25, 0.3) is 0 Å². The van der Waals surface area contributed by atoms with E-state index in [0.29, 0.717) is 39.0 Å². The molecular weight excluding hydrogens is 1060 g/mol. The first-order valence-corrected chi connectivity index (χ1v) is 27.6. The van der Waals surface area contributed by atoms with E-state index in [1.807, 2.05) is 114 Å². The number of rotatable bonds is 12. The molecular formula is C62H72F4N8O8. The molecule has 20 heteroatoms. The monoisotopic (exact) mass is 1130 g/mol. The summed E-state index contributed by atoms with van der Waals surface area (Å²) >= 11 is 0. The van der Waals surface area contributed by atoms with E-state index < -0.39 is 34.5 Å². The molecule has 2 amide bonds. The van der Waals surface area contributed by atoms with Gasteiger partial charge in [0.15, 0.2) is 46.3 Å². The van der Waals surface area contributed by atoms with Crippen LogP contribution in [0.1, 0.15) is 124 Å². The van der Waals surface area contributed by atoms with E-state index in [4.69, 9.17) is 38.6 Å². The van der Waals surface area contributed by atoms with Gasteiger partial charge in [-0.3, -0.25) is 19.3 Å². The van der Waals surface area contributed by atoms with Gasteiger partial charge >= 0.3 is 12.2 Å². The number of amides is 2. The molecule has 10 rings (SSSR count). The molecule has 0 saturated carbocycles. The zero-order valence-corrected chi connectivity index (χ0v) is 48.8. The Bertz CT molecular complexity index is 3260. The van der Waals surface area contributed by atoms with Crippen LogP contribution in [0.5, 0.6) is 23.0 Å². The lowest BCUT2D eigenvalue weighted by Crippen LogP contribution is -2.42. The molecule has 6 heterocycles. The van der Waals surface area contributed by atoms with Crippen LogP contribution >= 0.6 is 0 Å². The minimum Gasteiger partial charge on any atom is -0.494 e. The van der Waals surface area contributed by atoms with Gasteiger partial charge in [0.1, 0.15) is 11.2 Å². The number of benzene rings is 2.